The number of aryl methyl sites for hydroxylation is 1. The van der Waals surface area contributed by atoms with Crippen LogP contribution in [0.1, 0.15) is 54.5 Å². The van der Waals surface area contributed by atoms with Crippen LogP contribution in [0.15, 0.2) is 36.4 Å². The molecule has 0 bridgehead atoms. The van der Waals surface area contributed by atoms with E-state index in [4.69, 9.17) is 0 Å². The van der Waals surface area contributed by atoms with Crippen molar-refractivity contribution in [2.24, 2.45) is 0 Å². The molecular weight excluding hydrogens is 324 g/mol. The summed E-state index contributed by atoms with van der Waals surface area (Å²) in [5, 5.41) is 0. The van der Waals surface area contributed by atoms with Gasteiger partial charge in [-0.15, -0.1) is 0 Å². The zero-order chi connectivity index (χ0) is 18.4. The first-order valence-corrected chi connectivity index (χ1v) is 9.61. The molecule has 1 aliphatic heterocycles. The fraction of sp³-hybridized carbons (Fsp3) is 0.476. The highest BCUT2D eigenvalue weighted by molar-refractivity contribution is 5.93. The van der Waals surface area contributed by atoms with Gasteiger partial charge < -0.3 is 9.80 Å². The standard InChI is InChI=1S/C21H28N4O/c1-3-24(16-18-11-7-6-8-12-18)21(26)19-15-20(23-17(2)22-19)25-13-9-4-5-10-14-25/h6-8,11-12,15H,3-5,9-10,13-14,16H2,1-2H3. The fourth-order valence-corrected chi connectivity index (χ4v) is 3.42. The van der Waals surface area contributed by atoms with E-state index < -0.39 is 0 Å². The van der Waals surface area contributed by atoms with Crippen molar-refractivity contribution in [1.29, 1.82) is 0 Å². The lowest BCUT2D eigenvalue weighted by Crippen LogP contribution is -2.32. The molecular formula is C21H28N4O. The van der Waals surface area contributed by atoms with Gasteiger partial charge in [0.1, 0.15) is 17.3 Å². The second kappa shape index (κ2) is 8.79. The van der Waals surface area contributed by atoms with Gasteiger partial charge in [0, 0.05) is 32.2 Å². The summed E-state index contributed by atoms with van der Waals surface area (Å²) in [4.78, 5) is 26.2. The maximum atomic E-state index is 13.1. The Hall–Kier alpha value is -2.43. The lowest BCUT2D eigenvalue weighted by molar-refractivity contribution is 0.0746. The van der Waals surface area contributed by atoms with E-state index in [1.807, 2.05) is 55.1 Å². The molecule has 1 aliphatic rings. The Balaban J connectivity index is 1.81. The van der Waals surface area contributed by atoms with Crippen LogP contribution in [-0.2, 0) is 6.54 Å². The van der Waals surface area contributed by atoms with Crippen molar-refractivity contribution < 1.29 is 4.79 Å². The van der Waals surface area contributed by atoms with E-state index in [0.29, 0.717) is 24.6 Å². The molecule has 1 aromatic heterocycles. The average Bonchev–Trinajstić information content (AvgIpc) is 2.95. The molecule has 0 radical (unpaired) electrons. The van der Waals surface area contributed by atoms with Gasteiger partial charge in [0.05, 0.1) is 0 Å². The maximum absolute atomic E-state index is 13.1. The third kappa shape index (κ3) is 4.59. The van der Waals surface area contributed by atoms with E-state index in [1.54, 1.807) is 0 Å². The van der Waals surface area contributed by atoms with Crippen LogP contribution < -0.4 is 4.90 Å². The van der Waals surface area contributed by atoms with Crippen molar-refractivity contribution in [3.63, 3.8) is 0 Å². The third-order valence-corrected chi connectivity index (χ3v) is 4.86. The second-order valence-corrected chi connectivity index (χ2v) is 6.86. The van der Waals surface area contributed by atoms with Crippen molar-refractivity contribution in [3.05, 3.63) is 53.5 Å². The number of carbonyl (C=O) groups is 1. The minimum atomic E-state index is -0.0297. The average molecular weight is 352 g/mol. The van der Waals surface area contributed by atoms with E-state index in [1.165, 1.54) is 25.7 Å². The van der Waals surface area contributed by atoms with Gasteiger partial charge in [-0.05, 0) is 32.3 Å². The SMILES string of the molecule is CCN(Cc1ccccc1)C(=O)c1cc(N2CCCCCC2)nc(C)n1. The van der Waals surface area contributed by atoms with E-state index in [0.717, 1.165) is 24.5 Å². The quantitative estimate of drug-likeness (QED) is 0.821. The maximum Gasteiger partial charge on any atom is 0.272 e. The minimum absolute atomic E-state index is 0.0297. The van der Waals surface area contributed by atoms with E-state index in [2.05, 4.69) is 14.9 Å². The molecule has 0 N–H and O–H groups in total. The van der Waals surface area contributed by atoms with Crippen LogP contribution in [-0.4, -0.2) is 40.4 Å². The van der Waals surface area contributed by atoms with Crippen molar-refractivity contribution in [2.45, 2.75) is 46.1 Å². The van der Waals surface area contributed by atoms with Crippen molar-refractivity contribution in [2.75, 3.05) is 24.5 Å². The van der Waals surface area contributed by atoms with Gasteiger partial charge in [0.25, 0.3) is 5.91 Å². The Labute approximate surface area is 156 Å². The number of hydrogen-bond acceptors (Lipinski definition) is 4. The van der Waals surface area contributed by atoms with Crippen molar-refractivity contribution >= 4 is 11.7 Å². The van der Waals surface area contributed by atoms with E-state index in [9.17, 15) is 4.79 Å². The summed E-state index contributed by atoms with van der Waals surface area (Å²) in [6.45, 7) is 7.13. The molecule has 2 aromatic rings. The number of carbonyl (C=O) groups excluding carboxylic acids is 1. The molecule has 5 heteroatoms. The first-order chi connectivity index (χ1) is 12.7. The molecule has 3 rings (SSSR count). The van der Waals surface area contributed by atoms with Gasteiger partial charge in [-0.1, -0.05) is 43.2 Å². The molecule has 0 saturated carbocycles. The topological polar surface area (TPSA) is 49.3 Å². The van der Waals surface area contributed by atoms with Crippen molar-refractivity contribution in [1.82, 2.24) is 14.9 Å². The van der Waals surface area contributed by atoms with Crippen LogP contribution in [0.5, 0.6) is 0 Å². The molecule has 26 heavy (non-hydrogen) atoms. The third-order valence-electron chi connectivity index (χ3n) is 4.86. The molecule has 0 atom stereocenters. The van der Waals surface area contributed by atoms with E-state index in [-0.39, 0.29) is 5.91 Å². The Morgan fingerprint density at radius 1 is 1.08 bits per heavy atom. The van der Waals surface area contributed by atoms with Crippen LogP contribution in [0.3, 0.4) is 0 Å². The summed E-state index contributed by atoms with van der Waals surface area (Å²) >= 11 is 0. The zero-order valence-corrected chi connectivity index (χ0v) is 15.8. The molecule has 0 unspecified atom stereocenters. The molecule has 1 saturated heterocycles. The highest BCUT2D eigenvalue weighted by atomic mass is 16.2. The van der Waals surface area contributed by atoms with Gasteiger partial charge in [-0.25, -0.2) is 9.97 Å². The fourth-order valence-electron chi connectivity index (χ4n) is 3.42. The Morgan fingerprint density at radius 3 is 2.42 bits per heavy atom. The molecule has 1 fully saturated rings. The number of nitrogens with zero attached hydrogens (tertiary/aromatic N) is 4. The Bertz CT molecular complexity index is 724. The van der Waals surface area contributed by atoms with Gasteiger partial charge in [0.15, 0.2) is 0 Å². The van der Waals surface area contributed by atoms with Gasteiger partial charge in [0.2, 0.25) is 0 Å². The Morgan fingerprint density at radius 2 is 1.77 bits per heavy atom. The van der Waals surface area contributed by atoms with Gasteiger partial charge in [-0.2, -0.15) is 0 Å². The normalized spacial score (nSPS) is 14.8. The summed E-state index contributed by atoms with van der Waals surface area (Å²) in [6.07, 6.45) is 4.91. The van der Waals surface area contributed by atoms with Crippen LogP contribution in [0.2, 0.25) is 0 Å². The predicted octanol–water partition coefficient (Wildman–Crippen LogP) is 3.83. The molecule has 0 spiro atoms. The lowest BCUT2D eigenvalue weighted by Gasteiger charge is -2.24. The summed E-state index contributed by atoms with van der Waals surface area (Å²) in [7, 11) is 0. The first kappa shape index (κ1) is 18.4. The number of anilines is 1. The predicted molar refractivity (Wildman–Crippen MR) is 104 cm³/mol. The van der Waals surface area contributed by atoms with Crippen LogP contribution in [0.25, 0.3) is 0 Å². The van der Waals surface area contributed by atoms with Gasteiger partial charge in [-0.3, -0.25) is 4.79 Å². The molecule has 1 amide bonds. The largest absolute Gasteiger partial charge is 0.356 e. The highest BCUT2D eigenvalue weighted by Crippen LogP contribution is 2.19. The van der Waals surface area contributed by atoms with Gasteiger partial charge >= 0.3 is 0 Å². The minimum Gasteiger partial charge on any atom is -0.356 e. The van der Waals surface area contributed by atoms with Crippen LogP contribution in [0.4, 0.5) is 5.82 Å². The summed E-state index contributed by atoms with van der Waals surface area (Å²) in [5.41, 5.74) is 1.62. The summed E-state index contributed by atoms with van der Waals surface area (Å²) in [5.74, 6) is 1.52. The molecule has 5 nitrogen and oxygen atoms in total. The smallest absolute Gasteiger partial charge is 0.272 e. The Kier molecular flexibility index (Phi) is 6.21. The van der Waals surface area contributed by atoms with Crippen molar-refractivity contribution in [3.8, 4) is 0 Å². The highest BCUT2D eigenvalue weighted by Gasteiger charge is 2.20. The molecule has 138 valence electrons. The number of benzene rings is 1. The molecule has 0 aliphatic carbocycles. The number of rotatable bonds is 5. The number of hydrogen-bond donors (Lipinski definition) is 0. The van der Waals surface area contributed by atoms with E-state index >= 15 is 0 Å². The second-order valence-electron chi connectivity index (χ2n) is 6.86. The van der Waals surface area contributed by atoms with Crippen LogP contribution >= 0.6 is 0 Å². The zero-order valence-electron chi connectivity index (χ0n) is 15.8. The number of amides is 1. The molecule has 2 heterocycles. The monoisotopic (exact) mass is 352 g/mol. The lowest BCUT2D eigenvalue weighted by atomic mass is 10.2. The molecule has 1 aromatic carbocycles. The van der Waals surface area contributed by atoms with Crippen LogP contribution in [0, 0.1) is 6.92 Å². The first-order valence-electron chi connectivity index (χ1n) is 9.61. The summed E-state index contributed by atoms with van der Waals surface area (Å²) < 4.78 is 0. The summed E-state index contributed by atoms with van der Waals surface area (Å²) in [6, 6.07) is 11.9. The number of aromatic nitrogens is 2.